The van der Waals surface area contributed by atoms with Crippen LogP contribution in [0.25, 0.3) is 16.6 Å². The fraction of sp³-hybridized carbons (Fsp3) is 0.240. The predicted molar refractivity (Wildman–Crippen MR) is 131 cm³/mol. The number of nitrogen functional groups attached to an aromatic ring is 1. The van der Waals surface area contributed by atoms with Crippen LogP contribution < -0.4 is 21.7 Å². The number of halogens is 5. The molecular formula is C25H22F5N7O. The van der Waals surface area contributed by atoms with Crippen molar-refractivity contribution in [3.8, 4) is 11.1 Å². The third-order valence-electron chi connectivity index (χ3n) is 6.60. The van der Waals surface area contributed by atoms with Gasteiger partial charge in [0.15, 0.2) is 5.82 Å². The van der Waals surface area contributed by atoms with Crippen molar-refractivity contribution in [1.29, 1.82) is 0 Å². The maximum absolute atomic E-state index is 15.5. The third-order valence-corrected chi connectivity index (χ3v) is 6.60. The lowest BCUT2D eigenvalue weighted by molar-refractivity contribution is -0.137. The van der Waals surface area contributed by atoms with Gasteiger partial charge in [0.05, 0.1) is 16.9 Å². The Kier molecular flexibility index (Phi) is 6.39. The second-order valence-electron chi connectivity index (χ2n) is 8.92. The summed E-state index contributed by atoms with van der Waals surface area (Å²) in [6, 6.07) is 5.60. The number of nitrogens with zero attached hydrogens (tertiary/aromatic N) is 4. The lowest BCUT2D eigenvalue weighted by atomic mass is 9.94. The molecule has 0 saturated carbocycles. The molecule has 4 aromatic rings. The highest BCUT2D eigenvalue weighted by molar-refractivity contribution is 5.99. The number of piperidine rings is 1. The Hall–Kier alpha value is -4.26. The van der Waals surface area contributed by atoms with Gasteiger partial charge in [-0.1, -0.05) is 6.07 Å². The summed E-state index contributed by atoms with van der Waals surface area (Å²) >= 11 is 0. The van der Waals surface area contributed by atoms with E-state index in [9.17, 15) is 22.4 Å². The van der Waals surface area contributed by atoms with Gasteiger partial charge in [-0.25, -0.2) is 23.1 Å². The van der Waals surface area contributed by atoms with Gasteiger partial charge in [-0.15, -0.1) is 0 Å². The van der Waals surface area contributed by atoms with Gasteiger partial charge in [-0.05, 0) is 67.9 Å². The average molecular weight is 531 g/mol. The number of anilines is 3. The van der Waals surface area contributed by atoms with Crippen molar-refractivity contribution >= 4 is 28.7 Å². The van der Waals surface area contributed by atoms with E-state index in [1.54, 1.807) is 4.52 Å². The molecule has 198 valence electrons. The number of benzene rings is 2. The van der Waals surface area contributed by atoms with Crippen molar-refractivity contribution in [3.05, 3.63) is 71.7 Å². The van der Waals surface area contributed by atoms with Crippen molar-refractivity contribution in [2.24, 2.45) is 5.73 Å². The average Bonchev–Trinajstić information content (AvgIpc) is 3.27. The predicted octanol–water partition coefficient (Wildman–Crippen LogP) is 4.96. The van der Waals surface area contributed by atoms with Crippen LogP contribution in [-0.2, 0) is 6.18 Å². The first kappa shape index (κ1) is 25.4. The van der Waals surface area contributed by atoms with Gasteiger partial charge in [0.1, 0.15) is 23.5 Å². The van der Waals surface area contributed by atoms with Crippen LogP contribution in [0.4, 0.5) is 43.9 Å². The summed E-state index contributed by atoms with van der Waals surface area (Å²) in [6.45, 7) is 1.65. The largest absolute Gasteiger partial charge is 0.416 e. The van der Waals surface area contributed by atoms with Crippen molar-refractivity contribution in [2.45, 2.75) is 24.9 Å². The molecule has 0 unspecified atom stereocenters. The van der Waals surface area contributed by atoms with E-state index in [1.165, 1.54) is 12.4 Å². The number of rotatable bonds is 4. The fourth-order valence-corrected chi connectivity index (χ4v) is 4.80. The van der Waals surface area contributed by atoms with Gasteiger partial charge >= 0.3 is 12.2 Å². The standard InChI is InChI=1S/C25H22F5N7O/c26-17-3-2-15(25(28,29)30)10-21(17)36(24(32)38)19-4-1-14(9-18(19)27)16-11-20(13-5-7-33-8-6-13)37-22(16)23(31)34-12-35-37/h1-4,9-13,33H,5-8H2,(H2,32,38)(H2,31,34,35). The summed E-state index contributed by atoms with van der Waals surface area (Å²) in [6.07, 6.45) is -1.77. The summed E-state index contributed by atoms with van der Waals surface area (Å²) < 4.78 is 71.4. The van der Waals surface area contributed by atoms with Crippen LogP contribution in [0.1, 0.15) is 30.0 Å². The molecule has 0 radical (unpaired) electrons. The Morgan fingerprint density at radius 2 is 1.76 bits per heavy atom. The molecular weight excluding hydrogens is 509 g/mol. The van der Waals surface area contributed by atoms with E-state index in [-0.39, 0.29) is 11.7 Å². The highest BCUT2D eigenvalue weighted by Crippen LogP contribution is 2.39. The van der Waals surface area contributed by atoms with Gasteiger partial charge in [0, 0.05) is 17.2 Å². The van der Waals surface area contributed by atoms with Crippen LogP contribution in [0.3, 0.4) is 0 Å². The molecule has 2 aromatic heterocycles. The second kappa shape index (κ2) is 9.56. The Morgan fingerprint density at radius 1 is 1.03 bits per heavy atom. The highest BCUT2D eigenvalue weighted by Gasteiger charge is 2.33. The maximum atomic E-state index is 15.5. The van der Waals surface area contributed by atoms with Crippen LogP contribution in [0.5, 0.6) is 0 Å². The van der Waals surface area contributed by atoms with Gasteiger partial charge < -0.3 is 16.8 Å². The first-order valence-electron chi connectivity index (χ1n) is 11.7. The zero-order valence-corrected chi connectivity index (χ0v) is 19.8. The first-order valence-corrected chi connectivity index (χ1v) is 11.7. The zero-order chi connectivity index (χ0) is 27.2. The van der Waals surface area contributed by atoms with Crippen molar-refractivity contribution in [3.63, 3.8) is 0 Å². The molecule has 13 heteroatoms. The first-order chi connectivity index (χ1) is 18.1. The Bertz CT molecular complexity index is 1530. The summed E-state index contributed by atoms with van der Waals surface area (Å²) in [5.74, 6) is -1.86. The van der Waals surface area contributed by atoms with Crippen LogP contribution in [0.15, 0.2) is 48.8 Å². The number of fused-ring (bicyclic) bond motifs is 1. The minimum absolute atomic E-state index is 0.171. The van der Waals surface area contributed by atoms with Crippen molar-refractivity contribution in [2.75, 3.05) is 23.7 Å². The lowest BCUT2D eigenvalue weighted by Crippen LogP contribution is -2.33. The van der Waals surface area contributed by atoms with E-state index in [2.05, 4.69) is 15.4 Å². The molecule has 1 saturated heterocycles. The molecule has 0 spiro atoms. The van der Waals surface area contributed by atoms with Crippen molar-refractivity contribution < 1.29 is 26.7 Å². The maximum Gasteiger partial charge on any atom is 0.416 e. The van der Waals surface area contributed by atoms with E-state index >= 15 is 4.39 Å². The normalized spacial score (nSPS) is 14.7. The Balaban J connectivity index is 1.61. The Morgan fingerprint density at radius 3 is 2.42 bits per heavy atom. The summed E-state index contributed by atoms with van der Waals surface area (Å²) in [5, 5.41) is 7.64. The molecule has 1 aliphatic heterocycles. The molecule has 0 atom stereocenters. The molecule has 1 fully saturated rings. The highest BCUT2D eigenvalue weighted by atomic mass is 19.4. The molecule has 3 heterocycles. The topological polar surface area (TPSA) is 115 Å². The molecule has 38 heavy (non-hydrogen) atoms. The van der Waals surface area contributed by atoms with Crippen molar-refractivity contribution in [1.82, 2.24) is 19.9 Å². The van der Waals surface area contributed by atoms with E-state index in [4.69, 9.17) is 11.5 Å². The van der Waals surface area contributed by atoms with E-state index < -0.39 is 40.8 Å². The molecule has 1 aliphatic rings. The Labute approximate surface area is 213 Å². The number of alkyl halides is 3. The summed E-state index contributed by atoms with van der Waals surface area (Å²) in [5.41, 5.74) is 11.1. The number of amides is 2. The monoisotopic (exact) mass is 531 g/mol. The van der Waals surface area contributed by atoms with E-state index in [0.717, 1.165) is 43.8 Å². The van der Waals surface area contributed by atoms with Gasteiger partial charge in [-0.2, -0.15) is 18.3 Å². The van der Waals surface area contributed by atoms with Crippen LogP contribution in [-0.4, -0.2) is 33.7 Å². The summed E-state index contributed by atoms with van der Waals surface area (Å²) in [4.78, 5) is 16.6. The van der Waals surface area contributed by atoms with Crippen LogP contribution in [0, 0.1) is 11.6 Å². The lowest BCUT2D eigenvalue weighted by Gasteiger charge is -2.23. The number of carbonyl (C=O) groups excluding carboxylic acids is 1. The molecule has 2 aromatic carbocycles. The molecule has 2 amide bonds. The number of aromatic nitrogens is 3. The number of hydrogen-bond acceptors (Lipinski definition) is 5. The van der Waals surface area contributed by atoms with Gasteiger partial charge in [-0.3, -0.25) is 4.90 Å². The number of carbonyl (C=O) groups is 1. The minimum Gasteiger partial charge on any atom is -0.382 e. The SMILES string of the molecule is NC(=O)N(c1ccc(-c2cc(C3CCNCC3)n3ncnc(N)c23)cc1F)c1cc(C(F)(F)F)ccc1F. The number of urea groups is 1. The molecule has 0 aliphatic carbocycles. The molecule has 5 rings (SSSR count). The van der Waals surface area contributed by atoms with E-state index in [1.807, 2.05) is 6.07 Å². The number of primary amides is 1. The smallest absolute Gasteiger partial charge is 0.382 e. The minimum atomic E-state index is -4.82. The quantitative estimate of drug-likeness (QED) is 0.322. The van der Waals surface area contributed by atoms with E-state index in [0.29, 0.717) is 39.7 Å². The van der Waals surface area contributed by atoms with Gasteiger partial charge in [0.2, 0.25) is 0 Å². The van der Waals surface area contributed by atoms with Crippen LogP contribution in [0.2, 0.25) is 0 Å². The third kappa shape index (κ3) is 4.49. The molecule has 5 N–H and O–H groups in total. The number of nitrogens with one attached hydrogen (secondary N) is 1. The zero-order valence-electron chi connectivity index (χ0n) is 19.8. The number of hydrogen-bond donors (Lipinski definition) is 3. The number of nitrogens with two attached hydrogens (primary N) is 2. The molecule has 8 nitrogen and oxygen atoms in total. The van der Waals surface area contributed by atoms with Crippen LogP contribution >= 0.6 is 0 Å². The van der Waals surface area contributed by atoms with Gasteiger partial charge in [0.25, 0.3) is 0 Å². The fourth-order valence-electron chi connectivity index (χ4n) is 4.80. The molecule has 0 bridgehead atoms. The second-order valence-corrected chi connectivity index (χ2v) is 8.92. The summed E-state index contributed by atoms with van der Waals surface area (Å²) in [7, 11) is 0.